The summed E-state index contributed by atoms with van der Waals surface area (Å²) in [5.41, 5.74) is 1.00. The van der Waals surface area contributed by atoms with Crippen molar-refractivity contribution in [2.45, 2.75) is 13.0 Å². The van der Waals surface area contributed by atoms with Crippen LogP contribution in [0.15, 0.2) is 48.7 Å². The molecule has 5 nitrogen and oxygen atoms in total. The predicted molar refractivity (Wildman–Crippen MR) is 78.2 cm³/mol. The zero-order chi connectivity index (χ0) is 14.6. The van der Waals surface area contributed by atoms with E-state index in [-0.39, 0.29) is 11.9 Å². The highest BCUT2D eigenvalue weighted by molar-refractivity contribution is 7.92. The van der Waals surface area contributed by atoms with Crippen molar-refractivity contribution in [3.05, 3.63) is 54.2 Å². The van der Waals surface area contributed by atoms with Gasteiger partial charge >= 0.3 is 0 Å². The lowest BCUT2D eigenvalue weighted by Crippen LogP contribution is -2.13. The van der Waals surface area contributed by atoms with E-state index in [0.717, 1.165) is 11.8 Å². The van der Waals surface area contributed by atoms with Crippen LogP contribution in [0.25, 0.3) is 0 Å². The summed E-state index contributed by atoms with van der Waals surface area (Å²) in [6.07, 6.45) is 2.38. The van der Waals surface area contributed by atoms with E-state index in [4.69, 9.17) is 4.74 Å². The molecule has 0 saturated heterocycles. The molecule has 106 valence electrons. The monoisotopic (exact) mass is 292 g/mol. The van der Waals surface area contributed by atoms with Crippen LogP contribution in [0.4, 0.5) is 5.82 Å². The summed E-state index contributed by atoms with van der Waals surface area (Å²) >= 11 is 0. The largest absolute Gasteiger partial charge is 0.482 e. The summed E-state index contributed by atoms with van der Waals surface area (Å²) in [5, 5.41) is 0. The molecule has 0 unspecified atom stereocenters. The van der Waals surface area contributed by atoms with Crippen molar-refractivity contribution in [1.29, 1.82) is 0 Å². The molecule has 20 heavy (non-hydrogen) atoms. The Balaban J connectivity index is 2.21. The van der Waals surface area contributed by atoms with Gasteiger partial charge < -0.3 is 4.74 Å². The van der Waals surface area contributed by atoms with Crippen LogP contribution in [-0.2, 0) is 10.0 Å². The number of rotatable bonds is 5. The molecule has 0 aliphatic rings. The molecule has 0 bridgehead atoms. The average Bonchev–Trinajstić information content (AvgIpc) is 2.40. The maximum absolute atomic E-state index is 11.3. The van der Waals surface area contributed by atoms with Gasteiger partial charge in [0.25, 0.3) is 0 Å². The van der Waals surface area contributed by atoms with Crippen LogP contribution in [0.5, 0.6) is 5.75 Å². The van der Waals surface area contributed by atoms with E-state index < -0.39 is 10.0 Å². The molecule has 0 amide bonds. The molecule has 2 rings (SSSR count). The quantitative estimate of drug-likeness (QED) is 0.919. The Morgan fingerprint density at radius 1 is 1.15 bits per heavy atom. The molecule has 2 aromatic rings. The number of anilines is 1. The molecule has 0 aliphatic heterocycles. The fraction of sp³-hybridized carbons (Fsp3) is 0.214. The zero-order valence-corrected chi connectivity index (χ0v) is 12.1. The van der Waals surface area contributed by atoms with E-state index in [9.17, 15) is 8.42 Å². The number of benzene rings is 1. The Kier molecular flexibility index (Phi) is 4.24. The number of ether oxygens (including phenoxy) is 1. The zero-order valence-electron chi connectivity index (χ0n) is 11.3. The Morgan fingerprint density at radius 3 is 2.50 bits per heavy atom. The van der Waals surface area contributed by atoms with Gasteiger partial charge in [-0.15, -0.1) is 0 Å². The van der Waals surface area contributed by atoms with Gasteiger partial charge in [-0.05, 0) is 24.6 Å². The van der Waals surface area contributed by atoms with Crippen LogP contribution in [0.3, 0.4) is 0 Å². The fourth-order valence-corrected chi connectivity index (χ4v) is 2.22. The molecule has 1 aromatic heterocycles. The highest BCUT2D eigenvalue weighted by atomic mass is 32.2. The molecule has 6 heteroatoms. The number of hydrogen-bond donors (Lipinski definition) is 1. The Hall–Kier alpha value is -2.08. The van der Waals surface area contributed by atoms with Gasteiger partial charge in [0.2, 0.25) is 10.0 Å². The SMILES string of the molecule is C[C@@H](Oc1cccnc1NS(C)(=O)=O)c1ccccc1. The van der Waals surface area contributed by atoms with Gasteiger partial charge in [0.05, 0.1) is 6.26 Å². The van der Waals surface area contributed by atoms with Crippen LogP contribution < -0.4 is 9.46 Å². The van der Waals surface area contributed by atoms with E-state index in [1.807, 2.05) is 37.3 Å². The summed E-state index contributed by atoms with van der Waals surface area (Å²) in [6.45, 7) is 1.90. The first-order chi connectivity index (χ1) is 9.46. The highest BCUT2D eigenvalue weighted by Crippen LogP contribution is 2.27. The topological polar surface area (TPSA) is 68.3 Å². The van der Waals surface area contributed by atoms with Crippen LogP contribution in [0.1, 0.15) is 18.6 Å². The summed E-state index contributed by atoms with van der Waals surface area (Å²) in [5.74, 6) is 0.590. The number of pyridine rings is 1. The first-order valence-corrected chi connectivity index (χ1v) is 7.99. The standard InChI is InChI=1S/C14H16N2O3S/c1-11(12-7-4-3-5-8-12)19-13-9-6-10-15-14(13)16-20(2,17)18/h3-11H,1-2H3,(H,15,16)/t11-/m1/s1. The van der Waals surface area contributed by atoms with Gasteiger partial charge in [0, 0.05) is 6.20 Å². The molecule has 1 atom stereocenters. The number of nitrogens with zero attached hydrogens (tertiary/aromatic N) is 1. The smallest absolute Gasteiger partial charge is 0.231 e. The summed E-state index contributed by atoms with van der Waals surface area (Å²) in [6, 6.07) is 13.1. The van der Waals surface area contributed by atoms with Crippen molar-refractivity contribution in [3.63, 3.8) is 0 Å². The Bertz CT molecular complexity index is 672. The van der Waals surface area contributed by atoms with Crippen molar-refractivity contribution in [2.75, 3.05) is 11.0 Å². The molecular formula is C14H16N2O3S. The first kappa shape index (κ1) is 14.3. The summed E-state index contributed by atoms with van der Waals surface area (Å²) in [4.78, 5) is 4.00. The maximum atomic E-state index is 11.3. The van der Waals surface area contributed by atoms with Crippen molar-refractivity contribution < 1.29 is 13.2 Å². The van der Waals surface area contributed by atoms with Crippen molar-refractivity contribution >= 4 is 15.8 Å². The number of aromatic nitrogens is 1. The van der Waals surface area contributed by atoms with E-state index in [2.05, 4.69) is 9.71 Å². The molecule has 1 heterocycles. The average molecular weight is 292 g/mol. The van der Waals surface area contributed by atoms with Gasteiger partial charge in [0.15, 0.2) is 11.6 Å². The molecule has 0 saturated carbocycles. The lowest BCUT2D eigenvalue weighted by molar-refractivity contribution is 0.227. The van der Waals surface area contributed by atoms with Gasteiger partial charge in [-0.2, -0.15) is 0 Å². The van der Waals surface area contributed by atoms with Gasteiger partial charge in [-0.3, -0.25) is 4.72 Å². The van der Waals surface area contributed by atoms with Gasteiger partial charge in [-0.1, -0.05) is 30.3 Å². The lowest BCUT2D eigenvalue weighted by Gasteiger charge is -2.17. The van der Waals surface area contributed by atoms with E-state index in [1.165, 1.54) is 6.20 Å². The third kappa shape index (κ3) is 3.96. The van der Waals surface area contributed by atoms with Crippen molar-refractivity contribution in [1.82, 2.24) is 4.98 Å². The molecule has 1 N–H and O–H groups in total. The van der Waals surface area contributed by atoms with Crippen molar-refractivity contribution in [3.8, 4) is 5.75 Å². The number of hydrogen-bond acceptors (Lipinski definition) is 4. The van der Waals surface area contributed by atoms with Crippen LogP contribution >= 0.6 is 0 Å². The fourth-order valence-electron chi connectivity index (χ4n) is 1.72. The van der Waals surface area contributed by atoms with Crippen LogP contribution in [-0.4, -0.2) is 19.7 Å². The van der Waals surface area contributed by atoms with Crippen LogP contribution in [0.2, 0.25) is 0 Å². The van der Waals surface area contributed by atoms with E-state index in [1.54, 1.807) is 12.1 Å². The number of sulfonamides is 1. The third-order valence-corrected chi connectivity index (χ3v) is 3.19. The number of nitrogens with one attached hydrogen (secondary N) is 1. The first-order valence-electron chi connectivity index (χ1n) is 6.10. The summed E-state index contributed by atoms with van der Waals surface area (Å²) < 4.78 is 30.7. The Morgan fingerprint density at radius 2 is 1.85 bits per heavy atom. The normalized spacial score (nSPS) is 12.7. The third-order valence-electron chi connectivity index (χ3n) is 2.63. The summed E-state index contributed by atoms with van der Waals surface area (Å²) in [7, 11) is -3.39. The highest BCUT2D eigenvalue weighted by Gasteiger charge is 2.13. The molecule has 0 radical (unpaired) electrons. The predicted octanol–water partition coefficient (Wildman–Crippen LogP) is 2.59. The minimum Gasteiger partial charge on any atom is -0.482 e. The lowest BCUT2D eigenvalue weighted by atomic mass is 10.1. The molecule has 1 aromatic carbocycles. The molecule has 0 aliphatic carbocycles. The second kappa shape index (κ2) is 5.92. The molecule has 0 spiro atoms. The van der Waals surface area contributed by atoms with Crippen LogP contribution in [0, 0.1) is 0 Å². The van der Waals surface area contributed by atoms with Gasteiger partial charge in [-0.25, -0.2) is 13.4 Å². The molecule has 0 fully saturated rings. The minimum atomic E-state index is -3.39. The maximum Gasteiger partial charge on any atom is 0.231 e. The van der Waals surface area contributed by atoms with E-state index in [0.29, 0.717) is 5.75 Å². The van der Waals surface area contributed by atoms with Gasteiger partial charge in [0.1, 0.15) is 6.10 Å². The second-order valence-electron chi connectivity index (χ2n) is 4.40. The molecular weight excluding hydrogens is 276 g/mol. The van der Waals surface area contributed by atoms with E-state index >= 15 is 0 Å². The Labute approximate surface area is 118 Å². The minimum absolute atomic E-state index is 0.192. The second-order valence-corrected chi connectivity index (χ2v) is 6.14. The van der Waals surface area contributed by atoms with Crippen molar-refractivity contribution in [2.24, 2.45) is 0 Å².